The molecular formula is C22H27N3O6S. The molecular weight excluding hydrogens is 434 g/mol. The van der Waals surface area contributed by atoms with Crippen molar-refractivity contribution in [3.05, 3.63) is 46.9 Å². The second-order valence-corrected chi connectivity index (χ2v) is 10.4. The molecule has 1 fully saturated rings. The highest BCUT2D eigenvalue weighted by Gasteiger charge is 2.45. The first-order chi connectivity index (χ1) is 15.2. The molecule has 1 spiro atoms. The molecule has 0 atom stereocenters. The van der Waals surface area contributed by atoms with Crippen molar-refractivity contribution in [3.63, 3.8) is 0 Å². The van der Waals surface area contributed by atoms with Gasteiger partial charge in [-0.1, -0.05) is 0 Å². The summed E-state index contributed by atoms with van der Waals surface area (Å²) in [4.78, 5) is 19.6. The van der Waals surface area contributed by atoms with Gasteiger partial charge in [0.15, 0.2) is 0 Å². The third-order valence-corrected chi connectivity index (χ3v) is 7.75. The number of ether oxygens (including phenoxy) is 2. The molecule has 1 N–H and O–H groups in total. The van der Waals surface area contributed by atoms with Crippen LogP contribution in [0.25, 0.3) is 0 Å². The van der Waals surface area contributed by atoms with Crippen LogP contribution < -0.4 is 4.74 Å². The predicted octanol–water partition coefficient (Wildman–Crippen LogP) is 2.24. The number of aryl methyl sites for hydroxylation is 3. The standard InChI is InChI=1S/C22H27N3O6S/c1-15-9-19-21(24-11-15)31-22(5-7-30-8-6-22)14-25(32(19,28)29)13-17-10-18(3-4-20(26)27)23-12-16(17)2/h9-12H,3-8,13-14H2,1-2H3,(H,26,27). The van der Waals surface area contributed by atoms with Crippen molar-refractivity contribution in [2.75, 3.05) is 19.8 Å². The third kappa shape index (κ3) is 4.62. The molecule has 2 aromatic rings. The Morgan fingerprint density at radius 1 is 1.19 bits per heavy atom. The Morgan fingerprint density at radius 3 is 2.66 bits per heavy atom. The van der Waals surface area contributed by atoms with E-state index >= 15 is 0 Å². The topological polar surface area (TPSA) is 119 Å². The predicted molar refractivity (Wildman–Crippen MR) is 115 cm³/mol. The quantitative estimate of drug-likeness (QED) is 0.720. The second kappa shape index (κ2) is 8.76. The highest BCUT2D eigenvalue weighted by Crippen LogP contribution is 2.38. The van der Waals surface area contributed by atoms with Crippen molar-refractivity contribution >= 4 is 16.0 Å². The Labute approximate surface area is 187 Å². The number of carbonyl (C=O) groups is 1. The average molecular weight is 462 g/mol. The zero-order valence-corrected chi connectivity index (χ0v) is 19.0. The minimum atomic E-state index is -3.88. The van der Waals surface area contributed by atoms with E-state index in [1.54, 1.807) is 31.5 Å². The third-order valence-electron chi connectivity index (χ3n) is 5.97. The normalized spacial score (nSPS) is 19.7. The number of carboxylic acids is 1. The summed E-state index contributed by atoms with van der Waals surface area (Å²) in [6, 6.07) is 3.40. The van der Waals surface area contributed by atoms with E-state index in [-0.39, 0.29) is 36.7 Å². The second-order valence-electron chi connectivity index (χ2n) is 8.48. The van der Waals surface area contributed by atoms with Gasteiger partial charge in [0.05, 0.1) is 26.2 Å². The van der Waals surface area contributed by atoms with Crippen LogP contribution in [0, 0.1) is 13.8 Å². The van der Waals surface area contributed by atoms with Crippen LogP contribution in [-0.4, -0.2) is 59.1 Å². The Bertz CT molecular complexity index is 1130. The van der Waals surface area contributed by atoms with Crippen LogP contribution in [0.4, 0.5) is 0 Å². The number of sulfonamides is 1. The fraction of sp³-hybridized carbons (Fsp3) is 0.500. The Kier molecular flexibility index (Phi) is 6.19. The van der Waals surface area contributed by atoms with Crippen LogP contribution >= 0.6 is 0 Å². The van der Waals surface area contributed by atoms with Gasteiger partial charge in [0, 0.05) is 43.9 Å². The maximum absolute atomic E-state index is 13.7. The molecule has 1 saturated heterocycles. The zero-order valence-electron chi connectivity index (χ0n) is 18.2. The van der Waals surface area contributed by atoms with Gasteiger partial charge in [-0.05, 0) is 42.7 Å². The Morgan fingerprint density at radius 2 is 1.94 bits per heavy atom. The van der Waals surface area contributed by atoms with Crippen LogP contribution in [0.3, 0.4) is 0 Å². The van der Waals surface area contributed by atoms with Gasteiger partial charge in [0.1, 0.15) is 10.5 Å². The summed E-state index contributed by atoms with van der Waals surface area (Å²) < 4.78 is 40.6. The summed E-state index contributed by atoms with van der Waals surface area (Å²) in [6.07, 6.45) is 4.65. The summed E-state index contributed by atoms with van der Waals surface area (Å²) in [5.41, 5.74) is 2.26. The van der Waals surface area contributed by atoms with Crippen LogP contribution in [0.1, 0.15) is 41.6 Å². The fourth-order valence-electron chi connectivity index (χ4n) is 4.07. The van der Waals surface area contributed by atoms with E-state index in [2.05, 4.69) is 9.97 Å². The Balaban J connectivity index is 1.73. The minimum Gasteiger partial charge on any atom is -0.481 e. The van der Waals surface area contributed by atoms with Gasteiger partial charge in [-0.3, -0.25) is 9.78 Å². The molecule has 2 aromatic heterocycles. The first-order valence-corrected chi connectivity index (χ1v) is 12.0. The van der Waals surface area contributed by atoms with Crippen molar-refractivity contribution in [1.82, 2.24) is 14.3 Å². The van der Waals surface area contributed by atoms with Crippen molar-refractivity contribution in [3.8, 4) is 5.88 Å². The first-order valence-electron chi connectivity index (χ1n) is 10.6. The van der Waals surface area contributed by atoms with E-state index in [0.717, 1.165) is 16.7 Å². The molecule has 2 aliphatic rings. The monoisotopic (exact) mass is 461 g/mol. The fourth-order valence-corrected chi connectivity index (χ4v) is 5.71. The first kappa shape index (κ1) is 22.6. The summed E-state index contributed by atoms with van der Waals surface area (Å²) in [5.74, 6) is -0.768. The lowest BCUT2D eigenvalue weighted by atomic mass is 9.93. The number of aliphatic carboxylic acids is 1. The number of hydrogen-bond acceptors (Lipinski definition) is 7. The molecule has 0 radical (unpaired) electrons. The van der Waals surface area contributed by atoms with Gasteiger partial charge in [0.25, 0.3) is 0 Å². The molecule has 32 heavy (non-hydrogen) atoms. The van der Waals surface area contributed by atoms with Crippen LogP contribution in [0.15, 0.2) is 29.4 Å². The van der Waals surface area contributed by atoms with Gasteiger partial charge < -0.3 is 14.6 Å². The molecule has 172 valence electrons. The van der Waals surface area contributed by atoms with Gasteiger partial charge in [-0.2, -0.15) is 4.31 Å². The highest BCUT2D eigenvalue weighted by atomic mass is 32.2. The van der Waals surface area contributed by atoms with E-state index in [0.29, 0.717) is 31.7 Å². The molecule has 4 rings (SSSR count). The van der Waals surface area contributed by atoms with Crippen molar-refractivity contribution < 1.29 is 27.8 Å². The SMILES string of the molecule is Cc1cnc2c(c1)S(=O)(=O)N(Cc1cc(CCC(=O)O)ncc1C)CC1(CCOCC1)O2. The number of hydrogen-bond donors (Lipinski definition) is 1. The molecule has 0 saturated carbocycles. The number of nitrogens with zero attached hydrogens (tertiary/aromatic N) is 3. The highest BCUT2D eigenvalue weighted by molar-refractivity contribution is 7.89. The minimum absolute atomic E-state index is 0.0349. The van der Waals surface area contributed by atoms with E-state index in [1.807, 2.05) is 6.92 Å². The number of pyridine rings is 2. The number of rotatable bonds is 5. The zero-order chi connectivity index (χ0) is 22.9. The molecule has 0 amide bonds. The lowest BCUT2D eigenvalue weighted by Gasteiger charge is -2.38. The number of fused-ring (bicyclic) bond motifs is 1. The summed E-state index contributed by atoms with van der Waals surface area (Å²) in [5, 5.41) is 8.97. The maximum Gasteiger partial charge on any atom is 0.303 e. The van der Waals surface area contributed by atoms with Gasteiger partial charge >= 0.3 is 5.97 Å². The lowest BCUT2D eigenvalue weighted by Crippen LogP contribution is -2.50. The average Bonchev–Trinajstić information content (AvgIpc) is 2.82. The number of carboxylic acid groups (broad SMARTS) is 1. The van der Waals surface area contributed by atoms with Gasteiger partial charge in [0.2, 0.25) is 15.9 Å². The van der Waals surface area contributed by atoms with Crippen molar-refractivity contribution in [2.24, 2.45) is 0 Å². The van der Waals surface area contributed by atoms with Crippen LogP contribution in [-0.2, 0) is 32.5 Å². The van der Waals surface area contributed by atoms with Crippen molar-refractivity contribution in [1.29, 1.82) is 0 Å². The Hall–Kier alpha value is -2.56. The summed E-state index contributed by atoms with van der Waals surface area (Å²) in [7, 11) is -3.88. The molecule has 0 aliphatic carbocycles. The van der Waals surface area contributed by atoms with Crippen LogP contribution in [0.5, 0.6) is 5.88 Å². The molecule has 0 unspecified atom stereocenters. The van der Waals surface area contributed by atoms with Crippen LogP contribution in [0.2, 0.25) is 0 Å². The van der Waals surface area contributed by atoms with Crippen molar-refractivity contribution in [2.45, 2.75) is 56.6 Å². The summed E-state index contributed by atoms with van der Waals surface area (Å²) in [6.45, 7) is 4.96. The van der Waals surface area contributed by atoms with E-state index in [1.165, 1.54) is 4.31 Å². The van der Waals surface area contributed by atoms with E-state index < -0.39 is 21.6 Å². The smallest absolute Gasteiger partial charge is 0.303 e. The molecule has 0 bridgehead atoms. The van der Waals surface area contributed by atoms with Gasteiger partial charge in [-0.15, -0.1) is 0 Å². The summed E-state index contributed by atoms with van der Waals surface area (Å²) >= 11 is 0. The molecule has 10 heteroatoms. The maximum atomic E-state index is 13.7. The largest absolute Gasteiger partial charge is 0.481 e. The molecule has 2 aliphatic heterocycles. The van der Waals surface area contributed by atoms with E-state index in [9.17, 15) is 13.2 Å². The lowest BCUT2D eigenvalue weighted by molar-refractivity contribution is -0.136. The van der Waals surface area contributed by atoms with E-state index in [4.69, 9.17) is 14.6 Å². The molecule has 4 heterocycles. The number of aromatic nitrogens is 2. The molecule has 9 nitrogen and oxygen atoms in total. The molecule has 0 aromatic carbocycles. The van der Waals surface area contributed by atoms with Gasteiger partial charge in [-0.25, -0.2) is 13.4 Å².